The van der Waals surface area contributed by atoms with E-state index >= 15 is 0 Å². The predicted molar refractivity (Wildman–Crippen MR) is 43.4 cm³/mol. The van der Waals surface area contributed by atoms with Crippen LogP contribution in [0.2, 0.25) is 0 Å². The molecule has 2 N–H and O–H groups in total. The Morgan fingerprint density at radius 1 is 1.75 bits per heavy atom. The summed E-state index contributed by atoms with van der Waals surface area (Å²) in [4.78, 5) is 3.96. The van der Waals surface area contributed by atoms with E-state index in [0.29, 0.717) is 13.0 Å². The summed E-state index contributed by atoms with van der Waals surface area (Å²) < 4.78 is 14.1. The van der Waals surface area contributed by atoms with Gasteiger partial charge in [-0.25, -0.2) is 14.1 Å². The summed E-state index contributed by atoms with van der Waals surface area (Å²) in [5.41, 5.74) is 5.34. The first-order valence-electron chi connectivity index (χ1n) is 3.95. The van der Waals surface area contributed by atoms with Gasteiger partial charge in [0.1, 0.15) is 18.3 Å². The Morgan fingerprint density at radius 2 is 2.50 bits per heavy atom. The van der Waals surface area contributed by atoms with Gasteiger partial charge in [0, 0.05) is 6.42 Å². The third kappa shape index (κ3) is 2.27. The molecule has 0 aliphatic carbocycles. The molecule has 0 aromatic carbocycles. The molecule has 0 aliphatic heterocycles. The second kappa shape index (κ2) is 4.15. The number of halogens is 1. The lowest BCUT2D eigenvalue weighted by Gasteiger charge is -2.04. The molecule has 0 saturated carbocycles. The van der Waals surface area contributed by atoms with E-state index in [1.807, 2.05) is 0 Å². The van der Waals surface area contributed by atoms with Crippen LogP contribution in [0, 0.1) is 0 Å². The van der Waals surface area contributed by atoms with Gasteiger partial charge in [0.15, 0.2) is 0 Å². The zero-order chi connectivity index (χ0) is 8.97. The van der Waals surface area contributed by atoms with Crippen LogP contribution in [0.3, 0.4) is 0 Å². The van der Waals surface area contributed by atoms with Crippen LogP contribution in [0.1, 0.15) is 12.7 Å². The quantitative estimate of drug-likeness (QED) is 0.702. The zero-order valence-corrected chi connectivity index (χ0v) is 7.07. The molecule has 0 radical (unpaired) electrons. The van der Waals surface area contributed by atoms with Gasteiger partial charge < -0.3 is 5.73 Å². The first kappa shape index (κ1) is 9.12. The SMILES string of the molecule is CC(F)Cn1ncnc1CCN. The van der Waals surface area contributed by atoms with Gasteiger partial charge in [-0.3, -0.25) is 0 Å². The van der Waals surface area contributed by atoms with Crippen LogP contribution in [-0.4, -0.2) is 27.5 Å². The van der Waals surface area contributed by atoms with Crippen LogP contribution in [0.25, 0.3) is 0 Å². The highest BCUT2D eigenvalue weighted by Gasteiger charge is 2.06. The number of nitrogens with zero attached hydrogens (tertiary/aromatic N) is 3. The van der Waals surface area contributed by atoms with Crippen LogP contribution in [0.5, 0.6) is 0 Å². The second-order valence-corrected chi connectivity index (χ2v) is 2.68. The van der Waals surface area contributed by atoms with E-state index in [1.54, 1.807) is 4.68 Å². The second-order valence-electron chi connectivity index (χ2n) is 2.68. The van der Waals surface area contributed by atoms with Crippen LogP contribution >= 0.6 is 0 Å². The minimum atomic E-state index is -0.900. The van der Waals surface area contributed by atoms with Gasteiger partial charge in [-0.05, 0) is 13.5 Å². The van der Waals surface area contributed by atoms with E-state index in [9.17, 15) is 4.39 Å². The monoisotopic (exact) mass is 172 g/mol. The summed E-state index contributed by atoms with van der Waals surface area (Å²) >= 11 is 0. The van der Waals surface area contributed by atoms with Gasteiger partial charge in [-0.15, -0.1) is 0 Å². The number of hydrogen-bond donors (Lipinski definition) is 1. The average Bonchev–Trinajstić information content (AvgIpc) is 2.37. The van der Waals surface area contributed by atoms with Gasteiger partial charge >= 0.3 is 0 Å². The van der Waals surface area contributed by atoms with Gasteiger partial charge in [-0.1, -0.05) is 0 Å². The van der Waals surface area contributed by atoms with E-state index in [1.165, 1.54) is 13.3 Å². The summed E-state index contributed by atoms with van der Waals surface area (Å²) in [6.45, 7) is 2.27. The molecule has 1 aromatic rings. The molecule has 0 spiro atoms. The van der Waals surface area contributed by atoms with Crippen molar-refractivity contribution >= 4 is 0 Å². The molecule has 5 heteroatoms. The minimum Gasteiger partial charge on any atom is -0.330 e. The van der Waals surface area contributed by atoms with Crippen LogP contribution in [-0.2, 0) is 13.0 Å². The maximum atomic E-state index is 12.6. The molecular formula is C7H13FN4. The maximum absolute atomic E-state index is 12.6. The highest BCUT2D eigenvalue weighted by molar-refractivity contribution is 4.85. The molecular weight excluding hydrogens is 159 g/mol. The maximum Gasteiger partial charge on any atom is 0.138 e. The van der Waals surface area contributed by atoms with Crippen molar-refractivity contribution in [1.82, 2.24) is 14.8 Å². The van der Waals surface area contributed by atoms with Gasteiger partial charge in [-0.2, -0.15) is 5.10 Å². The predicted octanol–water partition coefficient (Wildman–Crippen LogP) is 0.137. The number of alkyl halides is 1. The molecule has 1 aromatic heterocycles. The van der Waals surface area contributed by atoms with E-state index in [4.69, 9.17) is 5.73 Å². The van der Waals surface area contributed by atoms with Gasteiger partial charge in [0.25, 0.3) is 0 Å². The summed E-state index contributed by atoms with van der Waals surface area (Å²) in [6.07, 6.45) is 1.17. The highest BCUT2D eigenvalue weighted by Crippen LogP contribution is 1.98. The molecule has 0 bridgehead atoms. The van der Waals surface area contributed by atoms with E-state index in [2.05, 4.69) is 10.1 Å². The fraction of sp³-hybridized carbons (Fsp3) is 0.714. The molecule has 0 fully saturated rings. The van der Waals surface area contributed by atoms with Crippen molar-refractivity contribution in [2.24, 2.45) is 5.73 Å². The fourth-order valence-corrected chi connectivity index (χ4v) is 1.00. The number of rotatable bonds is 4. The summed E-state index contributed by atoms with van der Waals surface area (Å²) in [5.74, 6) is 0.752. The summed E-state index contributed by atoms with van der Waals surface area (Å²) in [5, 5.41) is 3.88. The Labute approximate surface area is 70.6 Å². The Morgan fingerprint density at radius 3 is 3.08 bits per heavy atom. The van der Waals surface area contributed by atoms with Crippen molar-refractivity contribution in [1.29, 1.82) is 0 Å². The lowest BCUT2D eigenvalue weighted by Crippen LogP contribution is -2.15. The Balaban J connectivity index is 2.63. The van der Waals surface area contributed by atoms with Crippen molar-refractivity contribution < 1.29 is 4.39 Å². The Kier molecular flexibility index (Phi) is 3.16. The molecule has 12 heavy (non-hydrogen) atoms. The number of nitrogens with two attached hydrogens (primary N) is 1. The molecule has 0 amide bonds. The van der Waals surface area contributed by atoms with Crippen molar-refractivity contribution in [3.8, 4) is 0 Å². The summed E-state index contributed by atoms with van der Waals surface area (Å²) in [6, 6.07) is 0. The number of hydrogen-bond acceptors (Lipinski definition) is 3. The highest BCUT2D eigenvalue weighted by atomic mass is 19.1. The third-order valence-corrected chi connectivity index (χ3v) is 1.49. The van der Waals surface area contributed by atoms with E-state index in [0.717, 1.165) is 5.82 Å². The van der Waals surface area contributed by atoms with Crippen molar-refractivity contribution in [2.75, 3.05) is 6.54 Å². The van der Waals surface area contributed by atoms with Crippen molar-refractivity contribution in [2.45, 2.75) is 26.1 Å². The molecule has 0 aliphatic rings. The largest absolute Gasteiger partial charge is 0.330 e. The van der Waals surface area contributed by atoms with Crippen molar-refractivity contribution in [3.05, 3.63) is 12.2 Å². The smallest absolute Gasteiger partial charge is 0.138 e. The molecule has 68 valence electrons. The lowest BCUT2D eigenvalue weighted by molar-refractivity contribution is 0.305. The first-order valence-corrected chi connectivity index (χ1v) is 3.95. The molecule has 1 heterocycles. The third-order valence-electron chi connectivity index (χ3n) is 1.49. The van der Waals surface area contributed by atoms with Gasteiger partial charge in [0.05, 0.1) is 6.54 Å². The van der Waals surface area contributed by atoms with Crippen molar-refractivity contribution in [3.63, 3.8) is 0 Å². The summed E-state index contributed by atoms with van der Waals surface area (Å²) in [7, 11) is 0. The van der Waals surface area contributed by atoms with Crippen LogP contribution in [0.15, 0.2) is 6.33 Å². The topological polar surface area (TPSA) is 56.7 Å². The number of aromatic nitrogens is 3. The molecule has 0 saturated heterocycles. The average molecular weight is 172 g/mol. The minimum absolute atomic E-state index is 0.259. The Bertz CT molecular complexity index is 233. The Hall–Kier alpha value is -0.970. The lowest BCUT2D eigenvalue weighted by atomic mass is 10.4. The standard InChI is InChI=1S/C7H13FN4/c1-6(8)4-12-7(2-3-9)10-5-11-12/h5-6H,2-4,9H2,1H3. The molecule has 1 unspecified atom stereocenters. The van der Waals surface area contributed by atoms with Crippen LogP contribution in [0.4, 0.5) is 4.39 Å². The first-order chi connectivity index (χ1) is 5.74. The zero-order valence-electron chi connectivity index (χ0n) is 7.07. The van der Waals surface area contributed by atoms with E-state index < -0.39 is 6.17 Å². The van der Waals surface area contributed by atoms with E-state index in [-0.39, 0.29) is 6.54 Å². The normalized spacial score (nSPS) is 13.2. The van der Waals surface area contributed by atoms with Gasteiger partial charge in [0.2, 0.25) is 0 Å². The fourth-order valence-electron chi connectivity index (χ4n) is 1.00. The molecule has 4 nitrogen and oxygen atoms in total. The van der Waals surface area contributed by atoms with Crippen LogP contribution < -0.4 is 5.73 Å². The molecule has 1 atom stereocenters. The molecule has 1 rings (SSSR count).